The highest BCUT2D eigenvalue weighted by Gasteiger charge is 2.26. The zero-order valence-corrected chi connectivity index (χ0v) is 27.3. The second-order valence-corrected chi connectivity index (χ2v) is 13.1. The van der Waals surface area contributed by atoms with Crippen molar-refractivity contribution in [3.63, 3.8) is 0 Å². The first-order valence-electron chi connectivity index (χ1n) is 15.4. The first kappa shape index (κ1) is 33.4. The highest BCUT2D eigenvalue weighted by molar-refractivity contribution is 7.98. The van der Waals surface area contributed by atoms with E-state index >= 15 is 4.39 Å². The molecule has 3 heterocycles. The molecule has 0 amide bonds. The number of halogens is 3. The van der Waals surface area contributed by atoms with Crippen LogP contribution in [0.15, 0.2) is 51.3 Å². The van der Waals surface area contributed by atoms with Crippen LogP contribution in [0.4, 0.5) is 14.5 Å². The van der Waals surface area contributed by atoms with Crippen LogP contribution in [0, 0.1) is 5.82 Å². The van der Waals surface area contributed by atoms with E-state index in [0.717, 1.165) is 48.4 Å². The molecule has 2 aliphatic rings. The number of H-pyrrole nitrogens is 1. The zero-order valence-electron chi connectivity index (χ0n) is 25.7. The normalized spacial score (nSPS) is 20.8. The summed E-state index contributed by atoms with van der Waals surface area (Å²) in [5.74, 6) is 0.0708. The molecule has 1 unspecified atom stereocenters. The second kappa shape index (κ2) is 15.1. The predicted molar refractivity (Wildman–Crippen MR) is 180 cm³/mol. The van der Waals surface area contributed by atoms with Crippen LogP contribution in [0.3, 0.4) is 0 Å². The lowest BCUT2D eigenvalue weighted by atomic mass is 9.92. The summed E-state index contributed by atoms with van der Waals surface area (Å²) in [6.07, 6.45) is 8.77. The summed E-state index contributed by atoms with van der Waals surface area (Å²) in [6, 6.07) is 11.5. The van der Waals surface area contributed by atoms with Crippen LogP contribution in [0.25, 0.3) is 17.5 Å². The van der Waals surface area contributed by atoms with Gasteiger partial charge in [-0.05, 0) is 93.2 Å². The molecule has 7 N–H and O–H groups in total. The molecule has 1 saturated heterocycles. The van der Waals surface area contributed by atoms with Crippen LogP contribution in [0.1, 0.15) is 62.6 Å². The van der Waals surface area contributed by atoms with Crippen LogP contribution in [-0.4, -0.2) is 53.8 Å². The average Bonchev–Trinajstić information content (AvgIpc) is 3.44. The number of rotatable bonds is 12. The molecular formula is C33H42ClF2N7OS. The number of nitrogens with one attached hydrogen (secondary N) is 2. The van der Waals surface area contributed by atoms with Crippen LogP contribution in [-0.2, 0) is 6.42 Å². The van der Waals surface area contributed by atoms with Gasteiger partial charge in [0.2, 0.25) is 6.35 Å². The van der Waals surface area contributed by atoms with Crippen molar-refractivity contribution >= 4 is 41.1 Å². The van der Waals surface area contributed by atoms with Crippen molar-refractivity contribution in [2.24, 2.45) is 21.5 Å². The maximum Gasteiger partial charge on any atom is 0.231 e. The van der Waals surface area contributed by atoms with E-state index in [2.05, 4.69) is 38.7 Å². The SMILES string of the molecule is CSc1cc(N2C=c3cc(-c4cc(CCC[C@@H](N)CF)cc(Cl)c4F)[nH]c3=NC2O)ccc1[C@@H]1CCC[C@@H](CCN=C(C)N)N1. The van der Waals surface area contributed by atoms with E-state index in [1.807, 2.05) is 19.2 Å². The third-order valence-corrected chi connectivity index (χ3v) is 9.49. The van der Waals surface area contributed by atoms with Gasteiger partial charge >= 0.3 is 0 Å². The number of anilines is 1. The molecule has 5 rings (SSSR count). The van der Waals surface area contributed by atoms with Crippen molar-refractivity contribution in [3.8, 4) is 11.3 Å². The van der Waals surface area contributed by atoms with Crippen molar-refractivity contribution in [1.29, 1.82) is 0 Å². The Labute approximate surface area is 272 Å². The molecule has 3 aromatic rings. The topological polar surface area (TPSA) is 128 Å². The summed E-state index contributed by atoms with van der Waals surface area (Å²) in [4.78, 5) is 14.8. The number of thioether (sulfide) groups is 1. The van der Waals surface area contributed by atoms with Gasteiger partial charge in [-0.25, -0.2) is 13.8 Å². The molecule has 8 nitrogen and oxygen atoms in total. The fourth-order valence-electron chi connectivity index (χ4n) is 6.08. The van der Waals surface area contributed by atoms with Gasteiger partial charge in [0.05, 0.1) is 16.6 Å². The Balaban J connectivity index is 1.37. The van der Waals surface area contributed by atoms with Crippen molar-refractivity contribution in [2.75, 3.05) is 24.4 Å². The molecule has 0 spiro atoms. The molecule has 12 heteroatoms. The molecular weight excluding hydrogens is 616 g/mol. The smallest absolute Gasteiger partial charge is 0.231 e. The van der Waals surface area contributed by atoms with Gasteiger partial charge in [0.25, 0.3) is 0 Å². The van der Waals surface area contributed by atoms with Gasteiger partial charge in [0.1, 0.15) is 12.2 Å². The van der Waals surface area contributed by atoms with E-state index in [-0.39, 0.29) is 11.1 Å². The molecule has 242 valence electrons. The monoisotopic (exact) mass is 657 g/mol. The van der Waals surface area contributed by atoms with E-state index in [4.69, 9.17) is 23.1 Å². The molecule has 45 heavy (non-hydrogen) atoms. The summed E-state index contributed by atoms with van der Waals surface area (Å²) in [7, 11) is 0. The van der Waals surface area contributed by atoms with Crippen molar-refractivity contribution in [2.45, 2.75) is 81.2 Å². The number of amidine groups is 1. The highest BCUT2D eigenvalue weighted by Crippen LogP contribution is 2.36. The third-order valence-electron chi connectivity index (χ3n) is 8.43. The Morgan fingerprint density at radius 2 is 2.09 bits per heavy atom. The number of piperidine rings is 1. The Morgan fingerprint density at radius 3 is 2.84 bits per heavy atom. The highest BCUT2D eigenvalue weighted by atomic mass is 35.5. The summed E-state index contributed by atoms with van der Waals surface area (Å²) in [6.45, 7) is 1.97. The van der Waals surface area contributed by atoms with Gasteiger partial charge in [-0.15, -0.1) is 11.8 Å². The standard InChI is InChI=1S/C33H42ClF2N7OS/c1-19(37)39-12-11-23-7-4-8-28(40-23)25-10-9-24(16-30(25)45-2)43-18-21-15-29(41-32(21)42-33(43)44)26-13-20(14-27(34)31(26)36)5-3-6-22(38)17-35/h9-10,13-16,18,22-23,28,33,40,44H,3-8,11-12,17,38H2,1-2H3,(H2,37,39)(H,41,42)/t22-,23+,28+,33?/m1/s1. The fraction of sp³-hybridized carbons (Fsp3) is 0.455. The largest absolute Gasteiger partial charge is 0.388 e. The summed E-state index contributed by atoms with van der Waals surface area (Å²) >= 11 is 7.93. The number of aliphatic imine (C=N–C) groups is 1. The van der Waals surface area contributed by atoms with Gasteiger partial charge < -0.3 is 31.8 Å². The van der Waals surface area contributed by atoms with Crippen LogP contribution < -0.4 is 32.4 Å². The number of hydrogen-bond acceptors (Lipinski definition) is 7. The number of aryl methyl sites for hydroxylation is 1. The van der Waals surface area contributed by atoms with Crippen LogP contribution >= 0.6 is 23.4 Å². The fourth-order valence-corrected chi connectivity index (χ4v) is 7.01. The average molecular weight is 658 g/mol. The Bertz CT molecular complexity index is 1640. The minimum Gasteiger partial charge on any atom is -0.388 e. The number of benzene rings is 2. The van der Waals surface area contributed by atoms with Gasteiger partial charge in [-0.3, -0.25) is 4.99 Å². The van der Waals surface area contributed by atoms with Crippen LogP contribution in [0.2, 0.25) is 5.02 Å². The summed E-state index contributed by atoms with van der Waals surface area (Å²) in [5, 5.41) is 15.6. The lowest BCUT2D eigenvalue weighted by Gasteiger charge is -2.33. The minimum atomic E-state index is -1.16. The lowest BCUT2D eigenvalue weighted by molar-refractivity contribution is 0.186. The minimum absolute atomic E-state index is 0.00932. The third kappa shape index (κ3) is 8.07. The van der Waals surface area contributed by atoms with E-state index in [1.54, 1.807) is 34.9 Å². The number of nitrogens with zero attached hydrogens (tertiary/aromatic N) is 3. The van der Waals surface area contributed by atoms with E-state index < -0.39 is 24.9 Å². The number of nitrogens with two attached hydrogens (primary N) is 2. The molecule has 0 aliphatic carbocycles. The van der Waals surface area contributed by atoms with Gasteiger partial charge in [0.15, 0.2) is 5.82 Å². The molecule has 1 aromatic heterocycles. The maximum absolute atomic E-state index is 15.2. The number of aromatic amines is 1. The molecule has 1 fully saturated rings. The molecule has 0 radical (unpaired) electrons. The molecule has 2 aromatic carbocycles. The lowest BCUT2D eigenvalue weighted by Crippen LogP contribution is -2.41. The molecule has 0 bridgehead atoms. The maximum atomic E-state index is 15.2. The first-order chi connectivity index (χ1) is 21.7. The van der Waals surface area contributed by atoms with Gasteiger partial charge in [-0.2, -0.15) is 0 Å². The molecule has 0 saturated carbocycles. The van der Waals surface area contributed by atoms with E-state index in [9.17, 15) is 9.50 Å². The van der Waals surface area contributed by atoms with Crippen LogP contribution in [0.5, 0.6) is 0 Å². The van der Waals surface area contributed by atoms with Crippen molar-refractivity contribution in [3.05, 3.63) is 69.1 Å². The molecule has 2 aliphatic heterocycles. The number of fused-ring (bicyclic) bond motifs is 1. The van der Waals surface area contributed by atoms with E-state index in [1.165, 1.54) is 5.56 Å². The van der Waals surface area contributed by atoms with Gasteiger partial charge in [0, 0.05) is 52.2 Å². The Hall–Kier alpha value is -2.96. The Kier molecular flexibility index (Phi) is 11.2. The first-order valence-corrected chi connectivity index (χ1v) is 17.0. The predicted octanol–water partition coefficient (Wildman–Crippen LogP) is 4.92. The summed E-state index contributed by atoms with van der Waals surface area (Å²) < 4.78 is 28.0. The van der Waals surface area contributed by atoms with Crippen molar-refractivity contribution < 1.29 is 13.9 Å². The number of aliphatic hydroxyl groups excluding tert-OH is 1. The Morgan fingerprint density at radius 1 is 1.27 bits per heavy atom. The number of hydrogen-bond donors (Lipinski definition) is 5. The van der Waals surface area contributed by atoms with Gasteiger partial charge in [-0.1, -0.05) is 24.1 Å². The zero-order chi connectivity index (χ0) is 32.1. The molecule has 4 atom stereocenters. The van der Waals surface area contributed by atoms with E-state index in [0.29, 0.717) is 53.1 Å². The number of aliphatic hydroxyl groups is 1. The number of alkyl halides is 1. The second-order valence-electron chi connectivity index (χ2n) is 11.8. The quantitative estimate of drug-likeness (QED) is 0.107. The number of aromatic nitrogens is 1. The summed E-state index contributed by atoms with van der Waals surface area (Å²) in [5.41, 5.74) is 15.5. The van der Waals surface area contributed by atoms with Crippen molar-refractivity contribution in [1.82, 2.24) is 10.3 Å².